The number of hydrogen-bond donors (Lipinski definition) is 2. The van der Waals surface area contributed by atoms with Crippen LogP contribution in [0.2, 0.25) is 0 Å². The summed E-state index contributed by atoms with van der Waals surface area (Å²) in [5.74, 6) is 0. The molecule has 0 saturated heterocycles. The number of nitrogens with zero attached hydrogens (tertiary/aromatic N) is 1. The maximum absolute atomic E-state index is 10.0. The molecule has 0 amide bonds. The zero-order valence-corrected chi connectivity index (χ0v) is 9.90. The van der Waals surface area contributed by atoms with Crippen LogP contribution in [0.3, 0.4) is 0 Å². The summed E-state index contributed by atoms with van der Waals surface area (Å²) in [5, 5.41) is 11.0. The molecule has 3 heteroatoms. The van der Waals surface area contributed by atoms with Gasteiger partial charge in [-0.05, 0) is 37.8 Å². The molecule has 0 aliphatic heterocycles. The number of aliphatic hydroxyl groups excluding tert-OH is 1. The number of fused-ring (bicyclic) bond motifs is 2. The van der Waals surface area contributed by atoms with Gasteiger partial charge in [0.15, 0.2) is 0 Å². The first-order valence-electron chi connectivity index (χ1n) is 6.03. The number of rotatable bonds is 0. The van der Waals surface area contributed by atoms with Crippen molar-refractivity contribution in [1.82, 2.24) is 4.98 Å². The van der Waals surface area contributed by atoms with Crippen LogP contribution in [-0.4, -0.2) is 10.1 Å². The van der Waals surface area contributed by atoms with Crippen molar-refractivity contribution in [3.8, 4) is 0 Å². The molecule has 1 atom stereocenters. The molecular weight excluding hydrogens is 212 g/mol. The summed E-state index contributed by atoms with van der Waals surface area (Å²) < 4.78 is 0. The fourth-order valence-electron chi connectivity index (χ4n) is 2.64. The van der Waals surface area contributed by atoms with Gasteiger partial charge in [-0.15, -0.1) is 0 Å². The Hall–Kier alpha value is -1.61. The monoisotopic (exact) mass is 228 g/mol. The van der Waals surface area contributed by atoms with Crippen LogP contribution in [-0.2, 0) is 6.42 Å². The Morgan fingerprint density at radius 1 is 1.41 bits per heavy atom. The Morgan fingerprint density at radius 2 is 2.24 bits per heavy atom. The SMILES string of the molecule is Cc1ccc2c(N)c3c(nc2c1)CCCC3O. The van der Waals surface area contributed by atoms with Gasteiger partial charge in [-0.25, -0.2) is 0 Å². The van der Waals surface area contributed by atoms with Gasteiger partial charge in [0.2, 0.25) is 0 Å². The molecule has 2 aromatic rings. The van der Waals surface area contributed by atoms with Gasteiger partial charge in [-0.3, -0.25) is 4.98 Å². The van der Waals surface area contributed by atoms with E-state index in [1.165, 1.54) is 5.56 Å². The van der Waals surface area contributed by atoms with E-state index in [0.29, 0.717) is 5.69 Å². The van der Waals surface area contributed by atoms with Crippen molar-refractivity contribution in [2.45, 2.75) is 32.3 Å². The van der Waals surface area contributed by atoms with Crippen LogP contribution in [0, 0.1) is 6.92 Å². The zero-order chi connectivity index (χ0) is 12.0. The second-order valence-electron chi connectivity index (χ2n) is 4.81. The quantitative estimate of drug-likeness (QED) is 0.728. The molecule has 1 aliphatic carbocycles. The summed E-state index contributed by atoms with van der Waals surface area (Å²) in [6, 6.07) is 6.07. The van der Waals surface area contributed by atoms with Gasteiger partial charge in [0.05, 0.1) is 11.6 Å². The third-order valence-corrected chi connectivity index (χ3v) is 3.52. The smallest absolute Gasteiger partial charge is 0.0828 e. The summed E-state index contributed by atoms with van der Waals surface area (Å²) >= 11 is 0. The molecule has 17 heavy (non-hydrogen) atoms. The average molecular weight is 228 g/mol. The molecule has 3 rings (SSSR count). The largest absolute Gasteiger partial charge is 0.398 e. The third kappa shape index (κ3) is 1.58. The van der Waals surface area contributed by atoms with Gasteiger partial charge in [0, 0.05) is 22.3 Å². The van der Waals surface area contributed by atoms with E-state index >= 15 is 0 Å². The Labute approximate surface area is 100 Å². The molecule has 3 N–H and O–H groups in total. The first-order chi connectivity index (χ1) is 8.16. The Kier molecular flexibility index (Phi) is 2.30. The van der Waals surface area contributed by atoms with Gasteiger partial charge in [0.1, 0.15) is 0 Å². The third-order valence-electron chi connectivity index (χ3n) is 3.52. The number of nitrogen functional groups attached to an aromatic ring is 1. The highest BCUT2D eigenvalue weighted by atomic mass is 16.3. The molecule has 1 aliphatic rings. The maximum atomic E-state index is 10.0. The lowest BCUT2D eigenvalue weighted by Crippen LogP contribution is -2.14. The van der Waals surface area contributed by atoms with Crippen LogP contribution in [0.25, 0.3) is 10.9 Å². The maximum Gasteiger partial charge on any atom is 0.0828 e. The number of aliphatic hydroxyl groups is 1. The molecule has 0 bridgehead atoms. The van der Waals surface area contributed by atoms with Crippen LogP contribution in [0.5, 0.6) is 0 Å². The first kappa shape index (κ1) is 10.5. The summed E-state index contributed by atoms with van der Waals surface area (Å²) in [7, 11) is 0. The molecule has 1 unspecified atom stereocenters. The molecule has 1 aromatic heterocycles. The fourth-order valence-corrected chi connectivity index (χ4v) is 2.64. The predicted molar refractivity (Wildman–Crippen MR) is 68.8 cm³/mol. The normalized spacial score (nSPS) is 19.3. The number of pyridine rings is 1. The number of hydrogen-bond acceptors (Lipinski definition) is 3. The van der Waals surface area contributed by atoms with Crippen molar-refractivity contribution < 1.29 is 5.11 Å². The van der Waals surface area contributed by atoms with Crippen molar-refractivity contribution in [2.75, 3.05) is 5.73 Å². The van der Waals surface area contributed by atoms with Crippen LogP contribution in [0.4, 0.5) is 5.69 Å². The minimum atomic E-state index is -0.447. The molecule has 1 aromatic carbocycles. The first-order valence-corrected chi connectivity index (χ1v) is 6.03. The summed E-state index contributed by atoms with van der Waals surface area (Å²) in [6.45, 7) is 2.05. The molecule has 3 nitrogen and oxygen atoms in total. The van der Waals surface area contributed by atoms with Crippen LogP contribution in [0.15, 0.2) is 18.2 Å². The molecular formula is C14H16N2O. The van der Waals surface area contributed by atoms with Gasteiger partial charge < -0.3 is 10.8 Å². The Balaban J connectivity index is 2.35. The van der Waals surface area contributed by atoms with Crippen LogP contribution < -0.4 is 5.73 Å². The zero-order valence-electron chi connectivity index (χ0n) is 9.90. The van der Waals surface area contributed by atoms with Crippen LogP contribution >= 0.6 is 0 Å². The Bertz CT molecular complexity index is 592. The minimum absolute atomic E-state index is 0.447. The molecule has 88 valence electrons. The van der Waals surface area contributed by atoms with Crippen molar-refractivity contribution in [1.29, 1.82) is 0 Å². The highest BCUT2D eigenvalue weighted by Crippen LogP contribution is 2.36. The molecule has 0 radical (unpaired) electrons. The van der Waals surface area contributed by atoms with E-state index in [9.17, 15) is 5.11 Å². The van der Waals surface area contributed by atoms with Crippen LogP contribution in [0.1, 0.15) is 35.8 Å². The number of nitrogens with two attached hydrogens (primary N) is 1. The number of aromatic nitrogens is 1. The highest BCUT2D eigenvalue weighted by molar-refractivity contribution is 5.92. The van der Waals surface area contributed by atoms with E-state index in [2.05, 4.69) is 4.98 Å². The lowest BCUT2D eigenvalue weighted by atomic mass is 9.90. The fraction of sp³-hybridized carbons (Fsp3) is 0.357. The van der Waals surface area contributed by atoms with Crippen molar-refractivity contribution in [3.05, 3.63) is 35.0 Å². The van der Waals surface area contributed by atoms with Gasteiger partial charge >= 0.3 is 0 Å². The summed E-state index contributed by atoms with van der Waals surface area (Å²) in [6.07, 6.45) is 2.24. The minimum Gasteiger partial charge on any atom is -0.398 e. The van der Waals surface area contributed by atoms with E-state index in [-0.39, 0.29) is 0 Å². The summed E-state index contributed by atoms with van der Waals surface area (Å²) in [5.41, 5.74) is 10.8. The van der Waals surface area contributed by atoms with E-state index in [0.717, 1.165) is 41.4 Å². The second kappa shape index (κ2) is 3.70. The topological polar surface area (TPSA) is 59.1 Å². The van der Waals surface area contributed by atoms with E-state index in [4.69, 9.17) is 5.73 Å². The van der Waals surface area contributed by atoms with E-state index in [1.54, 1.807) is 0 Å². The van der Waals surface area contributed by atoms with E-state index in [1.807, 2.05) is 25.1 Å². The predicted octanol–water partition coefficient (Wildman–Crippen LogP) is 2.50. The molecule has 0 saturated carbocycles. The van der Waals surface area contributed by atoms with Gasteiger partial charge in [-0.1, -0.05) is 12.1 Å². The lowest BCUT2D eigenvalue weighted by molar-refractivity contribution is 0.156. The number of anilines is 1. The second-order valence-corrected chi connectivity index (χ2v) is 4.81. The average Bonchev–Trinajstić information content (AvgIpc) is 2.28. The van der Waals surface area contributed by atoms with Crippen molar-refractivity contribution >= 4 is 16.6 Å². The molecule has 0 spiro atoms. The molecule has 0 fully saturated rings. The summed E-state index contributed by atoms with van der Waals surface area (Å²) in [4.78, 5) is 4.65. The number of aryl methyl sites for hydroxylation is 2. The standard InChI is InChI=1S/C14H16N2O/c1-8-5-6-9-11(7-8)16-10-3-2-4-12(17)13(10)14(9)15/h5-7,12,17H,2-4H2,1H3,(H2,15,16). The van der Waals surface area contributed by atoms with Crippen molar-refractivity contribution in [3.63, 3.8) is 0 Å². The molecule has 1 heterocycles. The number of benzene rings is 1. The van der Waals surface area contributed by atoms with Gasteiger partial charge in [-0.2, -0.15) is 0 Å². The lowest BCUT2D eigenvalue weighted by Gasteiger charge is -2.23. The van der Waals surface area contributed by atoms with Gasteiger partial charge in [0.25, 0.3) is 0 Å². The Morgan fingerprint density at radius 3 is 3.06 bits per heavy atom. The highest BCUT2D eigenvalue weighted by Gasteiger charge is 2.23. The van der Waals surface area contributed by atoms with Crippen molar-refractivity contribution in [2.24, 2.45) is 0 Å². The van der Waals surface area contributed by atoms with E-state index < -0.39 is 6.10 Å².